The molecule has 1 heterocycles. The normalized spacial score (nSPS) is 18.6. The molecule has 0 aromatic carbocycles. The van der Waals surface area contributed by atoms with Crippen molar-refractivity contribution in [3.63, 3.8) is 0 Å². The molecular formula is C16H27N3. The summed E-state index contributed by atoms with van der Waals surface area (Å²) in [5.74, 6) is 3.12. The zero-order valence-corrected chi connectivity index (χ0v) is 12.7. The van der Waals surface area contributed by atoms with Gasteiger partial charge < -0.3 is 5.32 Å². The highest BCUT2D eigenvalue weighted by Crippen LogP contribution is 2.28. The standard InChI is InChI=1S/C16H27N3/c1-11(2)16-17-12(3)10-15(19-16)18-13(4)14-8-6-5-7-9-14/h10-11,13-14H,5-9H2,1-4H3,(H,17,18,19). The Hall–Kier alpha value is -1.12. The number of hydrogen-bond donors (Lipinski definition) is 1. The number of nitrogens with one attached hydrogen (secondary N) is 1. The van der Waals surface area contributed by atoms with Gasteiger partial charge >= 0.3 is 0 Å². The zero-order chi connectivity index (χ0) is 13.8. The van der Waals surface area contributed by atoms with E-state index >= 15 is 0 Å². The Balaban J connectivity index is 2.05. The summed E-state index contributed by atoms with van der Waals surface area (Å²) in [5, 5.41) is 3.60. The molecule has 1 unspecified atom stereocenters. The summed E-state index contributed by atoms with van der Waals surface area (Å²) < 4.78 is 0. The molecule has 1 atom stereocenters. The third kappa shape index (κ3) is 3.92. The number of aromatic nitrogens is 2. The highest BCUT2D eigenvalue weighted by Gasteiger charge is 2.20. The van der Waals surface area contributed by atoms with Gasteiger partial charge in [0.05, 0.1) is 0 Å². The molecule has 2 rings (SSSR count). The van der Waals surface area contributed by atoms with Crippen molar-refractivity contribution in [2.75, 3.05) is 5.32 Å². The van der Waals surface area contributed by atoms with E-state index in [1.165, 1.54) is 32.1 Å². The summed E-state index contributed by atoms with van der Waals surface area (Å²) in [6.07, 6.45) is 6.89. The van der Waals surface area contributed by atoms with Gasteiger partial charge in [-0.1, -0.05) is 33.1 Å². The minimum Gasteiger partial charge on any atom is -0.367 e. The molecule has 0 bridgehead atoms. The van der Waals surface area contributed by atoms with Crippen molar-refractivity contribution >= 4 is 5.82 Å². The highest BCUT2D eigenvalue weighted by atomic mass is 15.1. The van der Waals surface area contributed by atoms with E-state index in [1.54, 1.807) is 0 Å². The summed E-state index contributed by atoms with van der Waals surface area (Å²) in [6.45, 7) is 8.62. The SMILES string of the molecule is Cc1cc(NC(C)C2CCCCC2)nc(C(C)C)n1. The van der Waals surface area contributed by atoms with Crippen LogP contribution in [0.4, 0.5) is 5.82 Å². The van der Waals surface area contributed by atoms with E-state index in [9.17, 15) is 0 Å². The Labute approximate surface area is 117 Å². The number of rotatable bonds is 4. The molecule has 1 aromatic rings. The lowest BCUT2D eigenvalue weighted by Gasteiger charge is -2.28. The van der Waals surface area contributed by atoms with Crippen molar-refractivity contribution in [1.82, 2.24) is 9.97 Å². The topological polar surface area (TPSA) is 37.8 Å². The average molecular weight is 261 g/mol. The summed E-state index contributed by atoms with van der Waals surface area (Å²) in [6, 6.07) is 2.57. The summed E-state index contributed by atoms with van der Waals surface area (Å²) in [5.41, 5.74) is 1.05. The molecule has 1 fully saturated rings. The van der Waals surface area contributed by atoms with Crippen LogP contribution in [0.3, 0.4) is 0 Å². The van der Waals surface area contributed by atoms with Crippen LogP contribution < -0.4 is 5.32 Å². The maximum Gasteiger partial charge on any atom is 0.133 e. The molecule has 106 valence electrons. The number of aryl methyl sites for hydroxylation is 1. The van der Waals surface area contributed by atoms with Gasteiger partial charge in [0.15, 0.2) is 0 Å². The Morgan fingerprint density at radius 3 is 2.42 bits per heavy atom. The first-order chi connectivity index (χ1) is 9.06. The molecule has 1 saturated carbocycles. The molecule has 3 heteroatoms. The Morgan fingerprint density at radius 1 is 1.11 bits per heavy atom. The summed E-state index contributed by atoms with van der Waals surface area (Å²) in [7, 11) is 0. The maximum atomic E-state index is 4.65. The predicted molar refractivity (Wildman–Crippen MR) is 80.5 cm³/mol. The Morgan fingerprint density at radius 2 is 1.79 bits per heavy atom. The van der Waals surface area contributed by atoms with Crippen molar-refractivity contribution < 1.29 is 0 Å². The third-order valence-electron chi connectivity index (χ3n) is 4.12. The summed E-state index contributed by atoms with van der Waals surface area (Å²) in [4.78, 5) is 9.15. The Bertz CT molecular complexity index is 408. The highest BCUT2D eigenvalue weighted by molar-refractivity contribution is 5.37. The lowest BCUT2D eigenvalue weighted by Crippen LogP contribution is -2.28. The van der Waals surface area contributed by atoms with Gasteiger partial charge in [0.2, 0.25) is 0 Å². The number of nitrogens with zero attached hydrogens (tertiary/aromatic N) is 2. The van der Waals surface area contributed by atoms with Crippen LogP contribution in [0.1, 0.15) is 70.3 Å². The molecule has 0 amide bonds. The van der Waals surface area contributed by atoms with Crippen molar-refractivity contribution in [2.45, 2.75) is 71.8 Å². The van der Waals surface area contributed by atoms with Gasteiger partial charge in [0.1, 0.15) is 11.6 Å². The van der Waals surface area contributed by atoms with Crippen molar-refractivity contribution in [1.29, 1.82) is 0 Å². The third-order valence-corrected chi connectivity index (χ3v) is 4.12. The van der Waals surface area contributed by atoms with E-state index in [0.29, 0.717) is 12.0 Å². The fourth-order valence-corrected chi connectivity index (χ4v) is 2.91. The monoisotopic (exact) mass is 261 g/mol. The molecule has 0 aliphatic heterocycles. The fourth-order valence-electron chi connectivity index (χ4n) is 2.91. The lowest BCUT2D eigenvalue weighted by molar-refractivity contribution is 0.328. The average Bonchev–Trinajstić information content (AvgIpc) is 2.39. The van der Waals surface area contributed by atoms with Gasteiger partial charge in [0.25, 0.3) is 0 Å². The second-order valence-corrected chi connectivity index (χ2v) is 6.24. The minimum atomic E-state index is 0.380. The van der Waals surface area contributed by atoms with E-state index < -0.39 is 0 Å². The fraction of sp³-hybridized carbons (Fsp3) is 0.750. The predicted octanol–water partition coefficient (Wildman–Crippen LogP) is 4.29. The molecule has 1 aliphatic rings. The van der Waals surface area contributed by atoms with E-state index in [1.807, 2.05) is 6.92 Å². The van der Waals surface area contributed by atoms with Crippen LogP contribution in [0.25, 0.3) is 0 Å². The molecule has 0 radical (unpaired) electrons. The van der Waals surface area contributed by atoms with Gasteiger partial charge in [-0.3, -0.25) is 0 Å². The molecule has 1 N–H and O–H groups in total. The molecule has 1 aromatic heterocycles. The molecule has 0 spiro atoms. The molecule has 0 saturated heterocycles. The first-order valence-corrected chi connectivity index (χ1v) is 7.68. The van der Waals surface area contributed by atoms with Crippen molar-refractivity contribution in [3.05, 3.63) is 17.6 Å². The van der Waals surface area contributed by atoms with E-state index in [-0.39, 0.29) is 0 Å². The summed E-state index contributed by atoms with van der Waals surface area (Å²) >= 11 is 0. The van der Waals surface area contributed by atoms with Crippen LogP contribution in [0.15, 0.2) is 6.07 Å². The smallest absolute Gasteiger partial charge is 0.133 e. The van der Waals surface area contributed by atoms with E-state index in [2.05, 4.69) is 42.1 Å². The van der Waals surface area contributed by atoms with Gasteiger partial charge in [-0.25, -0.2) is 9.97 Å². The van der Waals surface area contributed by atoms with Crippen LogP contribution in [0.5, 0.6) is 0 Å². The van der Waals surface area contributed by atoms with Gasteiger partial charge in [0, 0.05) is 23.7 Å². The van der Waals surface area contributed by atoms with Crippen molar-refractivity contribution in [2.24, 2.45) is 5.92 Å². The first-order valence-electron chi connectivity index (χ1n) is 7.68. The van der Waals surface area contributed by atoms with E-state index in [0.717, 1.165) is 23.3 Å². The molecule has 1 aliphatic carbocycles. The second-order valence-electron chi connectivity index (χ2n) is 6.24. The minimum absolute atomic E-state index is 0.380. The quantitative estimate of drug-likeness (QED) is 0.878. The van der Waals surface area contributed by atoms with Gasteiger partial charge in [-0.2, -0.15) is 0 Å². The van der Waals surface area contributed by atoms with Crippen LogP contribution in [-0.4, -0.2) is 16.0 Å². The van der Waals surface area contributed by atoms with E-state index in [4.69, 9.17) is 0 Å². The second kappa shape index (κ2) is 6.36. The van der Waals surface area contributed by atoms with Crippen LogP contribution in [-0.2, 0) is 0 Å². The Kier molecular flexibility index (Phi) is 4.78. The van der Waals surface area contributed by atoms with Crippen LogP contribution in [0.2, 0.25) is 0 Å². The molecule has 3 nitrogen and oxygen atoms in total. The van der Waals surface area contributed by atoms with Crippen molar-refractivity contribution in [3.8, 4) is 0 Å². The molecular weight excluding hydrogens is 234 g/mol. The lowest BCUT2D eigenvalue weighted by atomic mass is 9.84. The zero-order valence-electron chi connectivity index (χ0n) is 12.7. The van der Waals surface area contributed by atoms with Gasteiger partial charge in [-0.15, -0.1) is 0 Å². The number of anilines is 1. The van der Waals surface area contributed by atoms with Crippen LogP contribution in [0, 0.1) is 12.8 Å². The largest absolute Gasteiger partial charge is 0.367 e. The van der Waals surface area contributed by atoms with Gasteiger partial charge in [-0.05, 0) is 32.6 Å². The van der Waals surface area contributed by atoms with Crippen LogP contribution >= 0.6 is 0 Å². The molecule has 19 heavy (non-hydrogen) atoms. The first kappa shape index (κ1) is 14.3. The number of hydrogen-bond acceptors (Lipinski definition) is 3. The maximum absolute atomic E-state index is 4.65.